The number of rotatable bonds is 5. The van der Waals surface area contributed by atoms with E-state index < -0.39 is 0 Å². The van der Waals surface area contributed by atoms with Gasteiger partial charge in [-0.1, -0.05) is 39.0 Å². The van der Waals surface area contributed by atoms with Crippen LogP contribution in [0.15, 0.2) is 42.5 Å². The summed E-state index contributed by atoms with van der Waals surface area (Å²) < 4.78 is 0. The number of carbonyl (C=O) groups is 2. The van der Waals surface area contributed by atoms with E-state index in [-0.39, 0.29) is 16.9 Å². The van der Waals surface area contributed by atoms with Crippen molar-refractivity contribution >= 4 is 40.5 Å². The maximum Gasteiger partial charge on any atom is 0.257 e. The molecule has 0 atom stereocenters. The van der Waals surface area contributed by atoms with Crippen LogP contribution < -0.4 is 16.0 Å². The highest BCUT2D eigenvalue weighted by Crippen LogP contribution is 2.23. The Kier molecular flexibility index (Phi) is 7.07. The molecule has 0 radical (unpaired) electrons. The zero-order valence-corrected chi connectivity index (χ0v) is 16.9. The Morgan fingerprint density at radius 3 is 2.15 bits per heavy atom. The van der Waals surface area contributed by atoms with Crippen molar-refractivity contribution in [1.82, 2.24) is 5.32 Å². The molecule has 0 bridgehead atoms. The lowest BCUT2D eigenvalue weighted by molar-refractivity contribution is -0.115. The molecule has 0 saturated carbocycles. The average molecular weight is 384 g/mol. The van der Waals surface area contributed by atoms with Crippen molar-refractivity contribution in [3.8, 4) is 0 Å². The van der Waals surface area contributed by atoms with Crippen molar-refractivity contribution in [3.05, 3.63) is 59.2 Å². The van der Waals surface area contributed by atoms with E-state index in [1.54, 1.807) is 19.1 Å². The summed E-state index contributed by atoms with van der Waals surface area (Å²) >= 11 is 5.26. The number of carbonyl (C=O) groups excluding carboxylic acids is 2. The van der Waals surface area contributed by atoms with E-state index in [0.29, 0.717) is 23.6 Å². The molecule has 0 aliphatic heterocycles. The first-order chi connectivity index (χ1) is 12.8. The summed E-state index contributed by atoms with van der Waals surface area (Å²) in [7, 11) is 0. The van der Waals surface area contributed by atoms with Crippen LogP contribution in [0.2, 0.25) is 0 Å². The Balaban J connectivity index is 2.04. The van der Waals surface area contributed by atoms with Gasteiger partial charge in [-0.2, -0.15) is 0 Å². The lowest BCUT2D eigenvalue weighted by Gasteiger charge is -2.15. The minimum Gasteiger partial charge on any atom is -0.332 e. The van der Waals surface area contributed by atoms with Gasteiger partial charge >= 0.3 is 0 Å². The number of hydrogen-bond acceptors (Lipinski definition) is 3. The summed E-state index contributed by atoms with van der Waals surface area (Å²) in [6.07, 6.45) is 0.404. The molecule has 0 aliphatic rings. The number of amides is 2. The zero-order chi connectivity index (χ0) is 20.0. The van der Waals surface area contributed by atoms with Gasteiger partial charge in [0.1, 0.15) is 0 Å². The third-order valence-electron chi connectivity index (χ3n) is 4.24. The van der Waals surface area contributed by atoms with Crippen molar-refractivity contribution in [3.63, 3.8) is 0 Å². The van der Waals surface area contributed by atoms with Crippen LogP contribution >= 0.6 is 12.2 Å². The molecule has 6 heteroatoms. The quantitative estimate of drug-likeness (QED) is 0.660. The third-order valence-corrected chi connectivity index (χ3v) is 4.45. The molecule has 0 aliphatic carbocycles. The topological polar surface area (TPSA) is 70.2 Å². The fourth-order valence-corrected chi connectivity index (χ4v) is 2.70. The van der Waals surface area contributed by atoms with Gasteiger partial charge in [0.15, 0.2) is 5.11 Å². The molecular weight excluding hydrogens is 358 g/mol. The highest BCUT2D eigenvalue weighted by atomic mass is 32.1. The second kappa shape index (κ2) is 9.28. The Hall–Kier alpha value is -2.73. The van der Waals surface area contributed by atoms with E-state index >= 15 is 0 Å². The van der Waals surface area contributed by atoms with E-state index in [0.717, 1.165) is 11.3 Å². The minimum absolute atomic E-state index is 0.0593. The van der Waals surface area contributed by atoms with Gasteiger partial charge in [0.2, 0.25) is 5.91 Å². The molecule has 0 fully saturated rings. The normalized spacial score (nSPS) is 10.4. The van der Waals surface area contributed by atoms with Crippen molar-refractivity contribution in [2.24, 2.45) is 0 Å². The zero-order valence-electron chi connectivity index (χ0n) is 16.1. The van der Waals surface area contributed by atoms with Crippen LogP contribution in [0.4, 0.5) is 11.4 Å². The molecule has 0 saturated heterocycles. The van der Waals surface area contributed by atoms with Crippen LogP contribution in [0.1, 0.15) is 54.6 Å². The van der Waals surface area contributed by atoms with Gasteiger partial charge in [0.25, 0.3) is 5.91 Å². The van der Waals surface area contributed by atoms with Crippen molar-refractivity contribution in [1.29, 1.82) is 0 Å². The van der Waals surface area contributed by atoms with Gasteiger partial charge in [-0.15, -0.1) is 0 Å². The number of hydrogen-bond donors (Lipinski definition) is 3. The summed E-state index contributed by atoms with van der Waals surface area (Å²) in [5, 5.41) is 8.76. The maximum atomic E-state index is 12.4. The van der Waals surface area contributed by atoms with E-state index in [1.165, 1.54) is 5.56 Å². The summed E-state index contributed by atoms with van der Waals surface area (Å²) in [5.41, 5.74) is 4.00. The van der Waals surface area contributed by atoms with Gasteiger partial charge in [-0.05, 0) is 60.5 Å². The Bertz CT molecular complexity index is 845. The number of nitrogens with one attached hydrogen (secondary N) is 3. The first kappa shape index (κ1) is 20.6. The molecule has 0 heterocycles. The Morgan fingerprint density at radius 1 is 1.00 bits per heavy atom. The summed E-state index contributed by atoms with van der Waals surface area (Å²) in [6.45, 7) is 7.88. The first-order valence-corrected chi connectivity index (χ1v) is 9.34. The van der Waals surface area contributed by atoms with Gasteiger partial charge in [0, 0.05) is 23.4 Å². The molecule has 2 amide bonds. The summed E-state index contributed by atoms with van der Waals surface area (Å²) in [5.74, 6) is 0.0835. The number of thiocarbonyl (C=S) groups is 1. The first-order valence-electron chi connectivity index (χ1n) is 8.93. The third kappa shape index (κ3) is 5.62. The smallest absolute Gasteiger partial charge is 0.257 e. The molecule has 0 spiro atoms. The molecule has 0 unspecified atom stereocenters. The second-order valence-corrected chi connectivity index (χ2v) is 6.97. The van der Waals surface area contributed by atoms with Crippen molar-refractivity contribution in [2.75, 3.05) is 10.6 Å². The molecule has 142 valence electrons. The van der Waals surface area contributed by atoms with Gasteiger partial charge < -0.3 is 10.6 Å². The monoisotopic (exact) mass is 383 g/mol. The maximum absolute atomic E-state index is 12.4. The highest BCUT2D eigenvalue weighted by molar-refractivity contribution is 7.80. The molecule has 2 aromatic carbocycles. The van der Waals surface area contributed by atoms with Crippen molar-refractivity contribution in [2.45, 2.75) is 40.0 Å². The van der Waals surface area contributed by atoms with Gasteiger partial charge in [-0.3, -0.25) is 14.9 Å². The fourth-order valence-electron chi connectivity index (χ4n) is 2.49. The highest BCUT2D eigenvalue weighted by Gasteiger charge is 2.11. The Labute approximate surface area is 165 Å². The fraction of sp³-hybridized carbons (Fsp3) is 0.286. The van der Waals surface area contributed by atoms with Crippen LogP contribution in [0.5, 0.6) is 0 Å². The minimum atomic E-state index is -0.268. The molecule has 0 aromatic heterocycles. The molecule has 2 aromatic rings. The van der Waals surface area contributed by atoms with Crippen molar-refractivity contribution < 1.29 is 9.59 Å². The average Bonchev–Trinajstić information content (AvgIpc) is 2.64. The molecular formula is C21H25N3O2S. The van der Waals surface area contributed by atoms with Crippen LogP contribution in [0.25, 0.3) is 0 Å². The lowest BCUT2D eigenvalue weighted by Crippen LogP contribution is -2.34. The number of benzene rings is 2. The Morgan fingerprint density at radius 2 is 1.59 bits per heavy atom. The van der Waals surface area contributed by atoms with Gasteiger partial charge in [0.05, 0.1) is 0 Å². The summed E-state index contributed by atoms with van der Waals surface area (Å²) in [6, 6.07) is 13.0. The van der Waals surface area contributed by atoms with Gasteiger partial charge in [-0.25, -0.2) is 0 Å². The van der Waals surface area contributed by atoms with E-state index in [2.05, 4.69) is 29.8 Å². The number of anilines is 2. The summed E-state index contributed by atoms with van der Waals surface area (Å²) in [4.78, 5) is 24.0. The predicted molar refractivity (Wildman–Crippen MR) is 114 cm³/mol. The predicted octanol–water partition coefficient (Wildman–Crippen LogP) is 4.59. The van der Waals surface area contributed by atoms with Crippen LogP contribution in [0, 0.1) is 6.92 Å². The molecule has 27 heavy (non-hydrogen) atoms. The van der Waals surface area contributed by atoms with E-state index in [4.69, 9.17) is 12.2 Å². The molecule has 2 rings (SSSR count). The molecule has 3 N–H and O–H groups in total. The standard InChI is InChI=1S/C21H25N3O2S/c1-5-19(25)22-17-7-6-8-18(14(17)4)23-21(27)24-20(26)16-11-9-15(10-12-16)13(2)3/h6-13H,5H2,1-4H3,(H,22,25)(H2,23,24,26,27). The van der Waals surface area contributed by atoms with E-state index in [9.17, 15) is 9.59 Å². The second-order valence-electron chi connectivity index (χ2n) is 6.56. The van der Waals surface area contributed by atoms with Crippen LogP contribution in [0.3, 0.4) is 0 Å². The van der Waals surface area contributed by atoms with Crippen LogP contribution in [-0.4, -0.2) is 16.9 Å². The van der Waals surface area contributed by atoms with Crippen LogP contribution in [-0.2, 0) is 4.79 Å². The van der Waals surface area contributed by atoms with E-state index in [1.807, 2.05) is 37.3 Å². The largest absolute Gasteiger partial charge is 0.332 e. The lowest BCUT2D eigenvalue weighted by atomic mass is 10.0. The molecule has 5 nitrogen and oxygen atoms in total. The SMILES string of the molecule is CCC(=O)Nc1cccc(NC(=S)NC(=O)c2ccc(C(C)C)cc2)c1C.